The van der Waals surface area contributed by atoms with Crippen molar-refractivity contribution >= 4 is 11.6 Å². The summed E-state index contributed by atoms with van der Waals surface area (Å²) in [6, 6.07) is 14.1. The van der Waals surface area contributed by atoms with Gasteiger partial charge in [0, 0.05) is 24.3 Å². The number of aryl methyl sites for hydroxylation is 2. The average Bonchev–Trinajstić information content (AvgIpc) is 2.59. The van der Waals surface area contributed by atoms with Crippen LogP contribution in [0.1, 0.15) is 46.8 Å². The Kier molecular flexibility index (Phi) is 5.54. The van der Waals surface area contributed by atoms with Crippen LogP contribution in [0.5, 0.6) is 0 Å². The van der Waals surface area contributed by atoms with E-state index >= 15 is 0 Å². The molecule has 0 aliphatic carbocycles. The molecule has 0 radical (unpaired) electrons. The predicted molar refractivity (Wildman–Crippen MR) is 104 cm³/mol. The molecule has 0 aromatic heterocycles. The van der Waals surface area contributed by atoms with Crippen molar-refractivity contribution in [2.24, 2.45) is 5.92 Å². The highest BCUT2D eigenvalue weighted by atomic mass is 16.1. The van der Waals surface area contributed by atoms with E-state index in [2.05, 4.69) is 35.3 Å². The van der Waals surface area contributed by atoms with Gasteiger partial charge in [-0.05, 0) is 74.0 Å². The van der Waals surface area contributed by atoms with Crippen LogP contribution in [-0.4, -0.2) is 23.9 Å². The van der Waals surface area contributed by atoms with Gasteiger partial charge in [-0.2, -0.15) is 0 Å². The number of rotatable bonds is 4. The van der Waals surface area contributed by atoms with Crippen molar-refractivity contribution in [3.05, 3.63) is 64.7 Å². The van der Waals surface area contributed by atoms with E-state index in [1.807, 2.05) is 38.1 Å². The van der Waals surface area contributed by atoms with Crippen LogP contribution >= 0.6 is 0 Å². The Labute approximate surface area is 151 Å². The van der Waals surface area contributed by atoms with Crippen molar-refractivity contribution in [1.29, 1.82) is 0 Å². The quantitative estimate of drug-likeness (QED) is 0.871. The lowest BCUT2D eigenvalue weighted by molar-refractivity contribution is 0.102. The van der Waals surface area contributed by atoms with E-state index in [-0.39, 0.29) is 5.91 Å². The topological polar surface area (TPSA) is 32.3 Å². The number of hydrogen-bond donors (Lipinski definition) is 1. The van der Waals surface area contributed by atoms with Crippen LogP contribution in [-0.2, 0) is 6.54 Å². The minimum absolute atomic E-state index is 0.0492. The van der Waals surface area contributed by atoms with Crippen LogP contribution in [0.2, 0.25) is 0 Å². The zero-order chi connectivity index (χ0) is 17.8. The number of amides is 1. The average molecular weight is 336 g/mol. The molecule has 2 aromatic rings. The zero-order valence-corrected chi connectivity index (χ0v) is 15.5. The van der Waals surface area contributed by atoms with Gasteiger partial charge in [-0.15, -0.1) is 0 Å². The molecule has 0 spiro atoms. The molecule has 1 aliphatic heterocycles. The van der Waals surface area contributed by atoms with Crippen LogP contribution in [0.15, 0.2) is 42.5 Å². The van der Waals surface area contributed by atoms with E-state index in [1.54, 1.807) is 0 Å². The van der Waals surface area contributed by atoms with Gasteiger partial charge in [0.05, 0.1) is 0 Å². The van der Waals surface area contributed by atoms with Gasteiger partial charge in [0.2, 0.25) is 0 Å². The van der Waals surface area contributed by atoms with Crippen molar-refractivity contribution in [3.63, 3.8) is 0 Å². The molecule has 0 saturated carbocycles. The van der Waals surface area contributed by atoms with Gasteiger partial charge in [-0.25, -0.2) is 0 Å². The minimum Gasteiger partial charge on any atom is -0.322 e. The van der Waals surface area contributed by atoms with Gasteiger partial charge in [0.25, 0.3) is 5.91 Å². The molecular weight excluding hydrogens is 308 g/mol. The maximum Gasteiger partial charge on any atom is 0.255 e. The molecule has 0 unspecified atom stereocenters. The first-order chi connectivity index (χ1) is 12.0. The molecule has 3 nitrogen and oxygen atoms in total. The largest absolute Gasteiger partial charge is 0.322 e. The summed E-state index contributed by atoms with van der Waals surface area (Å²) in [7, 11) is 0. The fourth-order valence-electron chi connectivity index (χ4n) is 3.52. The summed E-state index contributed by atoms with van der Waals surface area (Å²) in [6.07, 6.45) is 2.63. The second kappa shape index (κ2) is 7.83. The Morgan fingerprint density at radius 1 is 1.16 bits per heavy atom. The second-order valence-corrected chi connectivity index (χ2v) is 7.45. The van der Waals surface area contributed by atoms with Gasteiger partial charge in [-0.3, -0.25) is 9.69 Å². The van der Waals surface area contributed by atoms with Crippen molar-refractivity contribution in [3.8, 4) is 0 Å². The molecule has 3 heteroatoms. The normalized spacial score (nSPS) is 18.1. The van der Waals surface area contributed by atoms with Crippen molar-refractivity contribution in [1.82, 2.24) is 4.90 Å². The highest BCUT2D eigenvalue weighted by molar-refractivity contribution is 6.04. The molecular formula is C22H28N2O. The molecule has 0 bridgehead atoms. The van der Waals surface area contributed by atoms with Crippen molar-refractivity contribution in [2.75, 3.05) is 18.4 Å². The molecule has 1 fully saturated rings. The van der Waals surface area contributed by atoms with Crippen molar-refractivity contribution < 1.29 is 4.79 Å². The zero-order valence-electron chi connectivity index (χ0n) is 15.5. The maximum absolute atomic E-state index is 12.5. The van der Waals surface area contributed by atoms with Gasteiger partial charge in [-0.1, -0.05) is 31.2 Å². The summed E-state index contributed by atoms with van der Waals surface area (Å²) in [6.45, 7) is 9.70. The SMILES string of the molecule is Cc1ccc(C)c(NC(=O)c2ccc(CN3CCC[C@@H](C)C3)cc2)c1. The summed E-state index contributed by atoms with van der Waals surface area (Å²) in [5, 5.41) is 3.02. The number of nitrogens with one attached hydrogen (secondary N) is 1. The lowest BCUT2D eigenvalue weighted by Crippen LogP contribution is -2.33. The van der Waals surface area contributed by atoms with E-state index in [0.717, 1.165) is 29.3 Å². The molecule has 1 N–H and O–H groups in total. The Balaban J connectivity index is 1.63. The standard InChI is InChI=1S/C22H28N2O/c1-16-6-7-18(3)21(13-16)23-22(25)20-10-8-19(9-11-20)15-24-12-4-5-17(2)14-24/h6-11,13,17H,4-5,12,14-15H2,1-3H3,(H,23,25)/t17-/m1/s1. The molecule has 2 aromatic carbocycles. The lowest BCUT2D eigenvalue weighted by atomic mass is 9.99. The number of carbonyl (C=O) groups is 1. The van der Waals surface area contributed by atoms with E-state index in [4.69, 9.17) is 0 Å². The maximum atomic E-state index is 12.5. The van der Waals surface area contributed by atoms with Gasteiger partial charge in [0.1, 0.15) is 0 Å². The van der Waals surface area contributed by atoms with Crippen LogP contribution in [0.3, 0.4) is 0 Å². The molecule has 1 heterocycles. The van der Waals surface area contributed by atoms with Gasteiger partial charge < -0.3 is 5.32 Å². The van der Waals surface area contributed by atoms with Crippen LogP contribution in [0.25, 0.3) is 0 Å². The Hall–Kier alpha value is -2.13. The third-order valence-corrected chi connectivity index (χ3v) is 5.00. The number of benzene rings is 2. The van der Waals surface area contributed by atoms with Crippen LogP contribution < -0.4 is 5.32 Å². The first-order valence-corrected chi connectivity index (χ1v) is 9.21. The van der Waals surface area contributed by atoms with Crippen molar-refractivity contribution in [2.45, 2.75) is 40.2 Å². The summed E-state index contributed by atoms with van der Waals surface area (Å²) in [5.74, 6) is 0.739. The van der Waals surface area contributed by atoms with E-state index in [0.29, 0.717) is 5.56 Å². The third kappa shape index (κ3) is 4.70. The van der Waals surface area contributed by atoms with E-state index < -0.39 is 0 Å². The third-order valence-electron chi connectivity index (χ3n) is 5.00. The smallest absolute Gasteiger partial charge is 0.255 e. The fourth-order valence-corrected chi connectivity index (χ4v) is 3.52. The monoisotopic (exact) mass is 336 g/mol. The first kappa shape index (κ1) is 17.7. The van der Waals surface area contributed by atoms with Crippen LogP contribution in [0.4, 0.5) is 5.69 Å². The number of hydrogen-bond acceptors (Lipinski definition) is 2. The Morgan fingerprint density at radius 2 is 1.92 bits per heavy atom. The summed E-state index contributed by atoms with van der Waals surface area (Å²) in [4.78, 5) is 15.0. The van der Waals surface area contributed by atoms with Gasteiger partial charge >= 0.3 is 0 Å². The molecule has 1 atom stereocenters. The molecule has 3 rings (SSSR count). The number of anilines is 1. The summed E-state index contributed by atoms with van der Waals surface area (Å²) in [5.41, 5.74) is 5.09. The molecule has 1 saturated heterocycles. The number of carbonyl (C=O) groups excluding carboxylic acids is 1. The Morgan fingerprint density at radius 3 is 2.64 bits per heavy atom. The van der Waals surface area contributed by atoms with E-state index in [1.165, 1.54) is 31.5 Å². The number of nitrogens with zero attached hydrogens (tertiary/aromatic N) is 1. The molecule has 25 heavy (non-hydrogen) atoms. The highest BCUT2D eigenvalue weighted by Crippen LogP contribution is 2.19. The number of piperidine rings is 1. The lowest BCUT2D eigenvalue weighted by Gasteiger charge is -2.30. The van der Waals surface area contributed by atoms with Crippen LogP contribution in [0, 0.1) is 19.8 Å². The molecule has 1 aliphatic rings. The predicted octanol–water partition coefficient (Wildman–Crippen LogP) is 4.79. The second-order valence-electron chi connectivity index (χ2n) is 7.45. The minimum atomic E-state index is -0.0492. The Bertz CT molecular complexity index is 736. The number of likely N-dealkylation sites (tertiary alicyclic amines) is 1. The van der Waals surface area contributed by atoms with E-state index in [9.17, 15) is 4.79 Å². The fraction of sp³-hybridized carbons (Fsp3) is 0.409. The first-order valence-electron chi connectivity index (χ1n) is 9.21. The van der Waals surface area contributed by atoms with Gasteiger partial charge in [0.15, 0.2) is 0 Å². The summed E-state index contributed by atoms with van der Waals surface area (Å²) >= 11 is 0. The molecule has 132 valence electrons. The summed E-state index contributed by atoms with van der Waals surface area (Å²) < 4.78 is 0. The highest BCUT2D eigenvalue weighted by Gasteiger charge is 2.16. The molecule has 1 amide bonds.